The van der Waals surface area contributed by atoms with Crippen molar-refractivity contribution in [3.63, 3.8) is 0 Å². The maximum absolute atomic E-state index is 12.6. The Labute approximate surface area is 150 Å². The summed E-state index contributed by atoms with van der Waals surface area (Å²) in [6, 6.07) is 12.1. The molecule has 136 valence electrons. The molecule has 25 heavy (non-hydrogen) atoms. The molecule has 0 spiro atoms. The lowest BCUT2D eigenvalue weighted by molar-refractivity contribution is 0.287. The summed E-state index contributed by atoms with van der Waals surface area (Å²) in [5.41, 5.74) is 1.72. The topological polar surface area (TPSA) is 64.6 Å². The van der Waals surface area contributed by atoms with E-state index in [1.54, 1.807) is 18.2 Å². The van der Waals surface area contributed by atoms with Crippen molar-refractivity contribution in [3.05, 3.63) is 48.0 Å². The van der Waals surface area contributed by atoms with Gasteiger partial charge in [0.1, 0.15) is 0 Å². The van der Waals surface area contributed by atoms with Crippen LogP contribution in [0.25, 0.3) is 0 Å². The summed E-state index contributed by atoms with van der Waals surface area (Å²) in [5.74, 6) is 0.956. The van der Waals surface area contributed by atoms with Gasteiger partial charge in [0.05, 0.1) is 18.1 Å². The van der Waals surface area contributed by atoms with Crippen LogP contribution < -0.4 is 14.2 Å². The van der Waals surface area contributed by atoms with Crippen molar-refractivity contribution in [2.45, 2.75) is 38.5 Å². The Kier molecular flexibility index (Phi) is 6.70. The van der Waals surface area contributed by atoms with Crippen LogP contribution in [0.4, 0.5) is 5.69 Å². The van der Waals surface area contributed by atoms with Gasteiger partial charge in [0.25, 0.3) is 10.0 Å². The van der Waals surface area contributed by atoms with E-state index in [4.69, 9.17) is 9.47 Å². The number of sulfonamides is 1. The van der Waals surface area contributed by atoms with Crippen LogP contribution in [0.5, 0.6) is 11.5 Å². The van der Waals surface area contributed by atoms with Gasteiger partial charge < -0.3 is 9.47 Å². The van der Waals surface area contributed by atoms with Crippen molar-refractivity contribution in [2.24, 2.45) is 0 Å². The minimum atomic E-state index is -3.70. The van der Waals surface area contributed by atoms with Crippen LogP contribution in [0.3, 0.4) is 0 Å². The fraction of sp³-hybridized carbons (Fsp3) is 0.368. The van der Waals surface area contributed by atoms with E-state index in [0.717, 1.165) is 12.8 Å². The van der Waals surface area contributed by atoms with Gasteiger partial charge in [-0.1, -0.05) is 25.5 Å². The predicted molar refractivity (Wildman–Crippen MR) is 100 cm³/mol. The van der Waals surface area contributed by atoms with E-state index in [2.05, 4.69) is 11.6 Å². The third-order valence-electron chi connectivity index (χ3n) is 3.57. The highest BCUT2D eigenvalue weighted by molar-refractivity contribution is 7.92. The first-order valence-electron chi connectivity index (χ1n) is 8.51. The lowest BCUT2D eigenvalue weighted by atomic mass is 10.1. The first-order valence-corrected chi connectivity index (χ1v) is 9.99. The third-order valence-corrected chi connectivity index (χ3v) is 4.95. The van der Waals surface area contributed by atoms with Crippen molar-refractivity contribution < 1.29 is 17.9 Å². The fourth-order valence-corrected chi connectivity index (χ4v) is 3.51. The second kappa shape index (κ2) is 8.76. The monoisotopic (exact) mass is 363 g/mol. The zero-order valence-corrected chi connectivity index (χ0v) is 15.7. The number of rotatable bonds is 9. The van der Waals surface area contributed by atoms with Gasteiger partial charge in [-0.25, -0.2) is 8.42 Å². The fourth-order valence-electron chi connectivity index (χ4n) is 2.44. The number of aryl methyl sites for hydroxylation is 1. The molecule has 0 aromatic heterocycles. The van der Waals surface area contributed by atoms with E-state index in [-0.39, 0.29) is 4.90 Å². The van der Waals surface area contributed by atoms with Crippen molar-refractivity contribution >= 4 is 15.7 Å². The Hall–Kier alpha value is -2.21. The summed E-state index contributed by atoms with van der Waals surface area (Å²) in [5, 5.41) is 0. The molecule has 0 atom stereocenters. The Bertz CT molecular complexity index is 786. The lowest BCUT2D eigenvalue weighted by Crippen LogP contribution is -2.13. The molecule has 5 nitrogen and oxygen atoms in total. The predicted octanol–water partition coefficient (Wildman–Crippen LogP) is 4.24. The molecular weight excluding hydrogens is 338 g/mol. The summed E-state index contributed by atoms with van der Waals surface area (Å²) in [4.78, 5) is 0.136. The first kappa shape index (κ1) is 19.1. The molecule has 0 saturated carbocycles. The molecule has 0 radical (unpaired) electrons. The van der Waals surface area contributed by atoms with E-state index in [0.29, 0.717) is 30.4 Å². The number of anilines is 1. The average molecular weight is 363 g/mol. The van der Waals surface area contributed by atoms with Crippen LogP contribution in [0, 0.1) is 0 Å². The highest BCUT2D eigenvalue weighted by Gasteiger charge is 2.17. The molecule has 0 amide bonds. The summed E-state index contributed by atoms with van der Waals surface area (Å²) in [6.07, 6.45) is 2.03. The molecule has 0 aliphatic carbocycles. The molecule has 0 unspecified atom stereocenters. The van der Waals surface area contributed by atoms with Gasteiger partial charge in [-0.15, -0.1) is 0 Å². The van der Waals surface area contributed by atoms with E-state index in [1.807, 2.05) is 26.0 Å². The smallest absolute Gasteiger partial charge is 0.262 e. The zero-order chi connectivity index (χ0) is 18.3. The lowest BCUT2D eigenvalue weighted by Gasteiger charge is -2.13. The molecule has 6 heteroatoms. The molecule has 2 rings (SSSR count). The van der Waals surface area contributed by atoms with Crippen molar-refractivity contribution in [3.8, 4) is 11.5 Å². The highest BCUT2D eigenvalue weighted by atomic mass is 32.2. The van der Waals surface area contributed by atoms with Crippen LogP contribution in [0.2, 0.25) is 0 Å². The quantitative estimate of drug-likeness (QED) is 0.724. The van der Waals surface area contributed by atoms with Gasteiger partial charge in [0, 0.05) is 11.8 Å². The molecule has 0 heterocycles. The maximum atomic E-state index is 12.6. The van der Waals surface area contributed by atoms with E-state index in [1.165, 1.54) is 17.7 Å². The van der Waals surface area contributed by atoms with Gasteiger partial charge in [0.2, 0.25) is 0 Å². The zero-order valence-electron chi connectivity index (χ0n) is 14.9. The molecule has 0 aliphatic rings. The number of hydrogen-bond acceptors (Lipinski definition) is 4. The summed E-state index contributed by atoms with van der Waals surface area (Å²) in [7, 11) is -3.70. The molecular formula is C19H25NO4S. The first-order chi connectivity index (χ1) is 12.0. The summed E-state index contributed by atoms with van der Waals surface area (Å²) in [6.45, 7) is 6.72. The van der Waals surface area contributed by atoms with Gasteiger partial charge in [-0.05, 0) is 50.1 Å². The number of benzene rings is 2. The van der Waals surface area contributed by atoms with Crippen molar-refractivity contribution in [1.82, 2.24) is 0 Å². The molecule has 0 fully saturated rings. The third kappa shape index (κ3) is 5.13. The summed E-state index contributed by atoms with van der Waals surface area (Å²) >= 11 is 0. The number of nitrogens with one attached hydrogen (secondary N) is 1. The second-order valence-electron chi connectivity index (χ2n) is 5.53. The van der Waals surface area contributed by atoms with Crippen molar-refractivity contribution in [2.75, 3.05) is 17.9 Å². The second-order valence-corrected chi connectivity index (χ2v) is 7.21. The number of hydrogen-bond donors (Lipinski definition) is 1. The highest BCUT2D eigenvalue weighted by Crippen LogP contribution is 2.31. The maximum Gasteiger partial charge on any atom is 0.262 e. The number of ether oxygens (including phenoxy) is 2. The van der Waals surface area contributed by atoms with Crippen LogP contribution >= 0.6 is 0 Å². The van der Waals surface area contributed by atoms with Crippen LogP contribution in [0.15, 0.2) is 47.4 Å². The van der Waals surface area contributed by atoms with E-state index >= 15 is 0 Å². The largest absolute Gasteiger partial charge is 0.490 e. The Morgan fingerprint density at radius 3 is 2.12 bits per heavy atom. The average Bonchev–Trinajstić information content (AvgIpc) is 2.58. The standard InChI is InChI=1S/C19H25NO4S/c1-4-7-15-8-10-16(11-9-15)20-25(21,22)17-12-13-18(23-5-2)19(14-17)24-6-3/h8-14,20H,4-7H2,1-3H3. The van der Waals surface area contributed by atoms with E-state index < -0.39 is 10.0 Å². The molecule has 0 aliphatic heterocycles. The SMILES string of the molecule is CCCc1ccc(NS(=O)(=O)c2ccc(OCC)c(OCC)c2)cc1. The minimum Gasteiger partial charge on any atom is -0.490 e. The summed E-state index contributed by atoms with van der Waals surface area (Å²) < 4.78 is 38.8. The Morgan fingerprint density at radius 2 is 1.52 bits per heavy atom. The van der Waals surface area contributed by atoms with Gasteiger partial charge in [0.15, 0.2) is 11.5 Å². The van der Waals surface area contributed by atoms with Gasteiger partial charge in [-0.2, -0.15) is 0 Å². The molecule has 2 aromatic rings. The molecule has 0 bridgehead atoms. The molecule has 1 N–H and O–H groups in total. The van der Waals surface area contributed by atoms with Gasteiger partial charge >= 0.3 is 0 Å². The van der Waals surface area contributed by atoms with Crippen LogP contribution in [0.1, 0.15) is 32.8 Å². The Balaban J connectivity index is 2.24. The normalized spacial score (nSPS) is 11.2. The van der Waals surface area contributed by atoms with Crippen molar-refractivity contribution in [1.29, 1.82) is 0 Å². The van der Waals surface area contributed by atoms with E-state index in [9.17, 15) is 8.42 Å². The van der Waals surface area contributed by atoms with Crippen LogP contribution in [-0.4, -0.2) is 21.6 Å². The van der Waals surface area contributed by atoms with Crippen LogP contribution in [-0.2, 0) is 16.4 Å². The Morgan fingerprint density at radius 1 is 0.880 bits per heavy atom. The molecule has 2 aromatic carbocycles. The van der Waals surface area contributed by atoms with Gasteiger partial charge in [-0.3, -0.25) is 4.72 Å². The molecule has 0 saturated heterocycles. The minimum absolute atomic E-state index is 0.136.